The number of fused-ring (bicyclic) bond motifs is 1. The molecule has 0 saturated carbocycles. The lowest BCUT2D eigenvalue weighted by molar-refractivity contribution is 0.334. The molecule has 4 nitrogen and oxygen atoms in total. The van der Waals surface area contributed by atoms with E-state index in [1.165, 1.54) is 16.3 Å². The molecule has 0 fully saturated rings. The summed E-state index contributed by atoms with van der Waals surface area (Å²) in [5, 5.41) is 2.53. The molecule has 2 N–H and O–H groups in total. The fourth-order valence-electron chi connectivity index (χ4n) is 1.51. The van der Waals surface area contributed by atoms with E-state index in [1.54, 1.807) is 0 Å². The molecule has 0 aromatic heterocycles. The fourth-order valence-corrected chi connectivity index (χ4v) is 1.60. The average Bonchev–Trinajstić information content (AvgIpc) is 2.46. The molecule has 6 heteroatoms. The van der Waals surface area contributed by atoms with Crippen molar-refractivity contribution in [1.29, 1.82) is 0 Å². The third kappa shape index (κ3) is 4.59. The molecule has 2 aromatic carbocycles. The SMILES string of the molecule is CN(CF)[SH](=O)=O.NCc1cccc2ccccc12. The summed E-state index contributed by atoms with van der Waals surface area (Å²) >= 11 is 0. The summed E-state index contributed by atoms with van der Waals surface area (Å²) in [7, 11) is -1.55. The Kier molecular flexibility index (Phi) is 6.41. The van der Waals surface area contributed by atoms with Gasteiger partial charge in [0.1, 0.15) is 0 Å². The minimum absolute atomic E-state index is 0.579. The van der Waals surface area contributed by atoms with Crippen molar-refractivity contribution in [3.63, 3.8) is 0 Å². The molecule has 2 aromatic rings. The van der Waals surface area contributed by atoms with Crippen LogP contribution in [0.5, 0.6) is 0 Å². The van der Waals surface area contributed by atoms with Crippen LogP contribution in [0.15, 0.2) is 42.5 Å². The van der Waals surface area contributed by atoms with Crippen LogP contribution in [-0.2, 0) is 17.4 Å². The molecule has 19 heavy (non-hydrogen) atoms. The zero-order valence-electron chi connectivity index (χ0n) is 10.6. The van der Waals surface area contributed by atoms with Crippen molar-refractivity contribution in [3.05, 3.63) is 48.0 Å². The number of nitrogens with two attached hydrogens (primary N) is 1. The van der Waals surface area contributed by atoms with Gasteiger partial charge in [0, 0.05) is 13.6 Å². The predicted molar refractivity (Wildman–Crippen MR) is 75.9 cm³/mol. The van der Waals surface area contributed by atoms with E-state index in [4.69, 9.17) is 5.73 Å². The quantitative estimate of drug-likeness (QED) is 0.665. The number of hydrogen-bond donors (Lipinski definition) is 2. The summed E-state index contributed by atoms with van der Waals surface area (Å²) in [5.41, 5.74) is 6.83. The molecular weight excluding hydrogens is 267 g/mol. The molecule has 0 saturated heterocycles. The van der Waals surface area contributed by atoms with Crippen LogP contribution >= 0.6 is 0 Å². The Morgan fingerprint density at radius 3 is 2.32 bits per heavy atom. The summed E-state index contributed by atoms with van der Waals surface area (Å²) in [4.78, 5) is 0. The number of rotatable bonds is 3. The molecule has 0 unspecified atom stereocenters. The number of benzene rings is 2. The van der Waals surface area contributed by atoms with Gasteiger partial charge in [0.15, 0.2) is 6.80 Å². The minimum atomic E-state index is -2.70. The molecule has 104 valence electrons. The second-order valence-corrected chi connectivity index (χ2v) is 5.02. The van der Waals surface area contributed by atoms with E-state index >= 15 is 0 Å². The Morgan fingerprint density at radius 2 is 1.79 bits per heavy atom. The lowest BCUT2D eigenvalue weighted by Crippen LogP contribution is -2.13. The van der Waals surface area contributed by atoms with Gasteiger partial charge in [-0.3, -0.25) is 0 Å². The standard InChI is InChI=1S/C11H11N.C2H6FNO2S/c12-8-10-6-3-5-9-4-1-2-7-11(9)10;1-4(2-3)7(5)6/h1-7H,8,12H2;7H,2H2,1H3. The summed E-state index contributed by atoms with van der Waals surface area (Å²) in [6.07, 6.45) is 0. The van der Waals surface area contributed by atoms with Gasteiger partial charge in [0.2, 0.25) is 10.9 Å². The molecule has 0 atom stereocenters. The second kappa shape index (κ2) is 7.83. The first-order chi connectivity index (χ1) is 9.10. The van der Waals surface area contributed by atoms with E-state index in [2.05, 4.69) is 24.3 Å². The molecule has 0 spiro atoms. The van der Waals surface area contributed by atoms with Crippen molar-refractivity contribution in [3.8, 4) is 0 Å². The van der Waals surface area contributed by atoms with E-state index in [1.807, 2.05) is 18.2 Å². The third-order valence-corrected chi connectivity index (χ3v) is 3.22. The highest BCUT2D eigenvalue weighted by Crippen LogP contribution is 2.17. The van der Waals surface area contributed by atoms with Crippen LogP contribution in [-0.4, -0.2) is 26.6 Å². The average molecular weight is 284 g/mol. The summed E-state index contributed by atoms with van der Waals surface area (Å²) < 4.78 is 31.1. The lowest BCUT2D eigenvalue weighted by atomic mass is 10.1. The maximum absolute atomic E-state index is 11.2. The van der Waals surface area contributed by atoms with Crippen molar-refractivity contribution < 1.29 is 12.8 Å². The molecule has 0 aliphatic carbocycles. The third-order valence-electron chi connectivity index (χ3n) is 2.55. The van der Waals surface area contributed by atoms with Crippen LogP contribution in [0.2, 0.25) is 0 Å². The van der Waals surface area contributed by atoms with Gasteiger partial charge < -0.3 is 5.73 Å². The Labute approximate surface area is 113 Å². The van der Waals surface area contributed by atoms with Gasteiger partial charge in [0.25, 0.3) is 0 Å². The number of nitrogens with zero attached hydrogens (tertiary/aromatic N) is 1. The summed E-state index contributed by atoms with van der Waals surface area (Å²) in [5.74, 6) is 0. The van der Waals surface area contributed by atoms with Gasteiger partial charge in [-0.2, -0.15) is 4.31 Å². The Bertz CT molecular complexity index is 589. The predicted octanol–water partition coefficient (Wildman–Crippen LogP) is 1.67. The number of halogens is 1. The molecule has 0 heterocycles. The molecule has 0 aliphatic rings. The first-order valence-electron chi connectivity index (χ1n) is 5.68. The second-order valence-electron chi connectivity index (χ2n) is 3.86. The Hall–Kier alpha value is -1.50. The topological polar surface area (TPSA) is 63.4 Å². The molecular formula is C13H17FN2O2S. The zero-order valence-corrected chi connectivity index (χ0v) is 11.5. The molecule has 0 amide bonds. The smallest absolute Gasteiger partial charge is 0.205 e. The molecule has 0 aliphatic heterocycles. The Morgan fingerprint density at radius 1 is 1.16 bits per heavy atom. The number of hydrogen-bond acceptors (Lipinski definition) is 3. The zero-order chi connectivity index (χ0) is 14.3. The maximum atomic E-state index is 11.2. The highest BCUT2D eigenvalue weighted by Gasteiger charge is 1.95. The van der Waals surface area contributed by atoms with Crippen molar-refractivity contribution >= 4 is 21.7 Å². The lowest BCUT2D eigenvalue weighted by Gasteiger charge is -2.02. The van der Waals surface area contributed by atoms with Gasteiger partial charge in [-0.05, 0) is 16.3 Å². The minimum Gasteiger partial charge on any atom is -0.326 e. The van der Waals surface area contributed by atoms with Crippen molar-refractivity contribution in [2.75, 3.05) is 13.8 Å². The van der Waals surface area contributed by atoms with Crippen LogP contribution in [0, 0.1) is 0 Å². The molecule has 2 rings (SSSR count). The summed E-state index contributed by atoms with van der Waals surface area (Å²) in [6, 6.07) is 14.5. The molecule has 0 bridgehead atoms. The van der Waals surface area contributed by atoms with E-state index in [9.17, 15) is 12.8 Å². The highest BCUT2D eigenvalue weighted by molar-refractivity contribution is 7.69. The van der Waals surface area contributed by atoms with Crippen LogP contribution in [0.25, 0.3) is 10.8 Å². The normalized spacial score (nSPS) is 10.6. The summed E-state index contributed by atoms with van der Waals surface area (Å²) in [6.45, 7) is -0.333. The van der Waals surface area contributed by atoms with Gasteiger partial charge in [0.05, 0.1) is 0 Å². The van der Waals surface area contributed by atoms with Crippen LogP contribution < -0.4 is 5.73 Å². The van der Waals surface area contributed by atoms with E-state index in [-0.39, 0.29) is 0 Å². The fraction of sp³-hybridized carbons (Fsp3) is 0.231. The number of alkyl halides is 1. The van der Waals surface area contributed by atoms with Gasteiger partial charge in [-0.1, -0.05) is 42.5 Å². The highest BCUT2D eigenvalue weighted by atomic mass is 32.2. The Balaban J connectivity index is 0.000000224. The van der Waals surface area contributed by atoms with Gasteiger partial charge in [-0.15, -0.1) is 0 Å². The monoisotopic (exact) mass is 284 g/mol. The van der Waals surface area contributed by atoms with Gasteiger partial charge >= 0.3 is 0 Å². The van der Waals surface area contributed by atoms with Crippen LogP contribution in [0.3, 0.4) is 0 Å². The van der Waals surface area contributed by atoms with Crippen molar-refractivity contribution in [2.45, 2.75) is 6.54 Å². The van der Waals surface area contributed by atoms with Crippen molar-refractivity contribution in [2.24, 2.45) is 5.73 Å². The first kappa shape index (κ1) is 15.6. The van der Waals surface area contributed by atoms with E-state index in [0.29, 0.717) is 10.8 Å². The van der Waals surface area contributed by atoms with Crippen LogP contribution in [0.1, 0.15) is 5.56 Å². The van der Waals surface area contributed by atoms with Gasteiger partial charge in [-0.25, -0.2) is 12.8 Å². The van der Waals surface area contributed by atoms with E-state index in [0.717, 1.165) is 7.05 Å². The molecule has 0 radical (unpaired) electrons. The van der Waals surface area contributed by atoms with Crippen LogP contribution in [0.4, 0.5) is 4.39 Å². The van der Waals surface area contributed by atoms with E-state index < -0.39 is 17.7 Å². The maximum Gasteiger partial charge on any atom is 0.205 e. The first-order valence-corrected chi connectivity index (χ1v) is 6.81. The van der Waals surface area contributed by atoms with Crippen molar-refractivity contribution in [1.82, 2.24) is 4.31 Å². The number of thiol groups is 1. The largest absolute Gasteiger partial charge is 0.326 e.